The average Bonchev–Trinajstić information content (AvgIpc) is 2.66. The summed E-state index contributed by atoms with van der Waals surface area (Å²) in [5.41, 5.74) is 1.87. The number of aromatic nitrogens is 2. The summed E-state index contributed by atoms with van der Waals surface area (Å²) in [6.45, 7) is 6.29. The van der Waals surface area contributed by atoms with Crippen LogP contribution < -0.4 is 5.32 Å². The summed E-state index contributed by atoms with van der Waals surface area (Å²) >= 11 is 5.99. The molecular weight excluding hydrogens is 425 g/mol. The highest BCUT2D eigenvalue weighted by Gasteiger charge is 2.38. The molecule has 1 aromatic heterocycles. The molecule has 1 amide bonds. The Hall–Kier alpha value is -2.72. The molecule has 2 aromatic rings. The van der Waals surface area contributed by atoms with Gasteiger partial charge in [0.1, 0.15) is 0 Å². The third-order valence-electron chi connectivity index (χ3n) is 4.11. The molecule has 3 rings (SSSR count). The minimum Gasteiger partial charge on any atom is -0.475 e. The molecule has 11 heteroatoms. The summed E-state index contributed by atoms with van der Waals surface area (Å²) in [7, 11) is 0. The smallest absolute Gasteiger partial charge is 0.475 e. The van der Waals surface area contributed by atoms with Crippen LogP contribution in [0.2, 0.25) is 5.02 Å². The maximum Gasteiger partial charge on any atom is 0.490 e. The van der Waals surface area contributed by atoms with E-state index in [0.717, 1.165) is 12.1 Å². The number of aliphatic carboxylic acids is 1. The second-order valence-corrected chi connectivity index (χ2v) is 7.59. The molecule has 0 spiro atoms. The fourth-order valence-corrected chi connectivity index (χ4v) is 2.92. The van der Waals surface area contributed by atoms with E-state index < -0.39 is 12.1 Å². The first-order valence-corrected chi connectivity index (χ1v) is 9.21. The number of halogens is 4. The zero-order chi connectivity index (χ0) is 22.5. The first kappa shape index (κ1) is 23.6. The number of carboxylic acid groups (broad SMARTS) is 1. The third-order valence-corrected chi connectivity index (χ3v) is 4.34. The maximum atomic E-state index is 12.6. The van der Waals surface area contributed by atoms with E-state index in [9.17, 15) is 18.0 Å². The molecule has 30 heavy (non-hydrogen) atoms. The predicted octanol–water partition coefficient (Wildman–Crippen LogP) is 3.25. The van der Waals surface area contributed by atoms with Gasteiger partial charge in [0.2, 0.25) is 0 Å². The van der Waals surface area contributed by atoms with Crippen molar-refractivity contribution in [2.75, 3.05) is 19.6 Å². The fraction of sp³-hybridized carbons (Fsp3) is 0.368. The van der Waals surface area contributed by atoms with Crippen molar-refractivity contribution in [1.82, 2.24) is 20.4 Å². The van der Waals surface area contributed by atoms with Crippen molar-refractivity contribution in [2.45, 2.75) is 25.6 Å². The Bertz CT molecular complexity index is 905. The number of nitrogens with zero attached hydrogens (tertiary/aromatic N) is 3. The number of hydrogen-bond acceptors (Lipinski definition) is 5. The van der Waals surface area contributed by atoms with E-state index in [0.29, 0.717) is 29.5 Å². The number of nitrogens with one attached hydrogen (secondary N) is 1. The van der Waals surface area contributed by atoms with Gasteiger partial charge in [0.25, 0.3) is 5.91 Å². The summed E-state index contributed by atoms with van der Waals surface area (Å²) in [5, 5.41) is 19.4. The Morgan fingerprint density at radius 3 is 2.37 bits per heavy atom. The van der Waals surface area contributed by atoms with Gasteiger partial charge in [0, 0.05) is 35.8 Å². The van der Waals surface area contributed by atoms with Crippen molar-refractivity contribution >= 4 is 23.5 Å². The van der Waals surface area contributed by atoms with Crippen LogP contribution in [0.15, 0.2) is 36.4 Å². The zero-order valence-electron chi connectivity index (χ0n) is 16.2. The number of amides is 1. The van der Waals surface area contributed by atoms with E-state index >= 15 is 0 Å². The molecule has 2 N–H and O–H groups in total. The van der Waals surface area contributed by atoms with Crippen LogP contribution in [0, 0.1) is 0 Å². The summed E-state index contributed by atoms with van der Waals surface area (Å²) < 4.78 is 31.7. The lowest BCUT2D eigenvalue weighted by Gasteiger charge is -2.38. The summed E-state index contributed by atoms with van der Waals surface area (Å²) in [4.78, 5) is 23.3. The summed E-state index contributed by atoms with van der Waals surface area (Å²) in [5.74, 6) is -2.84. The lowest BCUT2D eigenvalue weighted by Crippen LogP contribution is -2.58. The van der Waals surface area contributed by atoms with Crippen LogP contribution in [-0.4, -0.2) is 63.4 Å². The summed E-state index contributed by atoms with van der Waals surface area (Å²) in [6.07, 6.45) is -5.08. The van der Waals surface area contributed by atoms with Crippen molar-refractivity contribution in [1.29, 1.82) is 0 Å². The number of rotatable bonds is 2. The SMILES string of the molecule is CC1(C)CN(C(=O)c2ccc(-c3cccc(Cl)c3)nn2)CCN1.O=C(O)C(F)(F)F. The second kappa shape index (κ2) is 9.40. The van der Waals surface area contributed by atoms with Gasteiger partial charge >= 0.3 is 12.1 Å². The first-order valence-electron chi connectivity index (χ1n) is 8.83. The van der Waals surface area contributed by atoms with E-state index in [1.807, 2.05) is 29.2 Å². The van der Waals surface area contributed by atoms with Gasteiger partial charge in [-0.15, -0.1) is 10.2 Å². The Labute approximate surface area is 175 Å². The molecule has 1 saturated heterocycles. The van der Waals surface area contributed by atoms with E-state index in [4.69, 9.17) is 21.5 Å². The molecule has 0 bridgehead atoms. The van der Waals surface area contributed by atoms with Crippen molar-refractivity contribution < 1.29 is 27.9 Å². The fourth-order valence-electron chi connectivity index (χ4n) is 2.72. The molecule has 1 aliphatic rings. The predicted molar refractivity (Wildman–Crippen MR) is 104 cm³/mol. The van der Waals surface area contributed by atoms with Gasteiger partial charge in [-0.05, 0) is 38.1 Å². The van der Waals surface area contributed by atoms with E-state index in [1.165, 1.54) is 0 Å². The number of hydrogen-bond donors (Lipinski definition) is 2. The Balaban J connectivity index is 0.000000396. The lowest BCUT2D eigenvalue weighted by atomic mass is 10.0. The van der Waals surface area contributed by atoms with E-state index in [1.54, 1.807) is 12.1 Å². The Morgan fingerprint density at radius 2 is 1.87 bits per heavy atom. The van der Waals surface area contributed by atoms with Crippen molar-refractivity contribution in [3.8, 4) is 11.3 Å². The molecule has 1 aromatic carbocycles. The molecule has 162 valence electrons. The first-order chi connectivity index (χ1) is 13.9. The number of piperazine rings is 1. The van der Waals surface area contributed by atoms with Crippen LogP contribution in [0.5, 0.6) is 0 Å². The molecule has 1 aliphatic heterocycles. The van der Waals surface area contributed by atoms with Crippen molar-refractivity contribution in [2.24, 2.45) is 0 Å². The van der Waals surface area contributed by atoms with Gasteiger partial charge in [-0.3, -0.25) is 4.79 Å². The number of carbonyl (C=O) groups is 2. The minimum absolute atomic E-state index is 0.0790. The molecule has 0 saturated carbocycles. The zero-order valence-corrected chi connectivity index (χ0v) is 17.0. The molecule has 0 aliphatic carbocycles. The number of benzene rings is 1. The molecule has 7 nitrogen and oxygen atoms in total. The molecule has 0 atom stereocenters. The van der Waals surface area contributed by atoms with Crippen LogP contribution >= 0.6 is 11.6 Å². The molecule has 2 heterocycles. The van der Waals surface area contributed by atoms with Crippen LogP contribution in [0.25, 0.3) is 11.3 Å². The van der Waals surface area contributed by atoms with Gasteiger partial charge in [0.05, 0.1) is 5.69 Å². The number of alkyl halides is 3. The molecular formula is C19H20ClF3N4O3. The van der Waals surface area contributed by atoms with Gasteiger partial charge < -0.3 is 15.3 Å². The van der Waals surface area contributed by atoms with E-state index in [2.05, 4.69) is 29.4 Å². The highest BCUT2D eigenvalue weighted by Crippen LogP contribution is 2.21. The van der Waals surface area contributed by atoms with Crippen LogP contribution in [-0.2, 0) is 4.79 Å². The third kappa shape index (κ3) is 6.67. The highest BCUT2D eigenvalue weighted by atomic mass is 35.5. The highest BCUT2D eigenvalue weighted by molar-refractivity contribution is 6.30. The minimum atomic E-state index is -5.08. The van der Waals surface area contributed by atoms with Gasteiger partial charge in [0.15, 0.2) is 5.69 Å². The largest absolute Gasteiger partial charge is 0.490 e. The van der Waals surface area contributed by atoms with Crippen molar-refractivity contribution in [3.05, 3.63) is 47.1 Å². The molecule has 1 fully saturated rings. The number of carboxylic acids is 1. The van der Waals surface area contributed by atoms with Gasteiger partial charge in [-0.1, -0.05) is 23.7 Å². The monoisotopic (exact) mass is 444 g/mol. The summed E-state index contributed by atoms with van der Waals surface area (Å²) in [6, 6.07) is 10.9. The normalized spacial score (nSPS) is 15.7. The van der Waals surface area contributed by atoms with Crippen LogP contribution in [0.4, 0.5) is 13.2 Å². The lowest BCUT2D eigenvalue weighted by molar-refractivity contribution is -0.192. The van der Waals surface area contributed by atoms with Crippen LogP contribution in [0.3, 0.4) is 0 Å². The topological polar surface area (TPSA) is 95.4 Å². The molecule has 0 unspecified atom stereocenters. The second-order valence-electron chi connectivity index (χ2n) is 7.15. The van der Waals surface area contributed by atoms with Gasteiger partial charge in [-0.25, -0.2) is 4.79 Å². The Kier molecular flexibility index (Phi) is 7.38. The Morgan fingerprint density at radius 1 is 1.20 bits per heavy atom. The van der Waals surface area contributed by atoms with Crippen LogP contribution in [0.1, 0.15) is 24.3 Å². The molecule has 0 radical (unpaired) electrons. The average molecular weight is 445 g/mol. The van der Waals surface area contributed by atoms with Gasteiger partial charge in [-0.2, -0.15) is 13.2 Å². The standard InChI is InChI=1S/C17H19ClN4O.C2HF3O2/c1-17(2)11-22(9-8-19-17)16(23)15-7-6-14(20-21-15)12-4-3-5-13(18)10-12;3-2(4,5)1(6)7/h3-7,10,19H,8-9,11H2,1-2H3;(H,6,7). The number of carbonyl (C=O) groups excluding carboxylic acids is 1. The maximum absolute atomic E-state index is 12.6. The van der Waals surface area contributed by atoms with Crippen molar-refractivity contribution in [3.63, 3.8) is 0 Å². The quantitative estimate of drug-likeness (QED) is 0.738. The van der Waals surface area contributed by atoms with E-state index in [-0.39, 0.29) is 11.4 Å².